The van der Waals surface area contributed by atoms with E-state index in [0.29, 0.717) is 18.5 Å². The van der Waals surface area contributed by atoms with Crippen LogP contribution in [0.1, 0.15) is 160 Å². The summed E-state index contributed by atoms with van der Waals surface area (Å²) < 4.78 is 16.5. The molecular formula is C55H83IN6O6. The van der Waals surface area contributed by atoms with E-state index in [2.05, 4.69) is 81.9 Å². The van der Waals surface area contributed by atoms with Crippen molar-refractivity contribution in [1.82, 2.24) is 26.2 Å². The first-order chi connectivity index (χ1) is 31.1. The van der Waals surface area contributed by atoms with Gasteiger partial charge in [0.25, 0.3) is 0 Å². The molecule has 3 amide bonds. The highest BCUT2D eigenvalue weighted by atomic mass is 127. The number of piperidine rings is 3. The fraction of sp³-hybridized carbons (Fsp3) is 0.618. The summed E-state index contributed by atoms with van der Waals surface area (Å²) in [5, 5.41) is 13.2. The fourth-order valence-corrected chi connectivity index (χ4v) is 11.4. The molecule has 3 aliphatic heterocycles. The zero-order chi connectivity index (χ0) is 47.5. The molecule has 13 heteroatoms. The van der Waals surface area contributed by atoms with Crippen LogP contribution in [0, 0.1) is 16.2 Å². The Morgan fingerprint density at radius 3 is 1.28 bits per heavy atom. The number of fused-ring (bicyclic) bond motifs is 3. The molecule has 0 bridgehead atoms. The first kappa shape index (κ1) is 55.0. The van der Waals surface area contributed by atoms with E-state index in [1.807, 2.05) is 74.4 Å². The molecule has 6 aliphatic rings. The fourth-order valence-electron chi connectivity index (χ4n) is 11.4. The summed E-state index contributed by atoms with van der Waals surface area (Å²) in [6.07, 6.45) is 8.39. The summed E-state index contributed by atoms with van der Waals surface area (Å²) in [4.78, 5) is 39.1. The Balaban J connectivity index is 0.000000196. The van der Waals surface area contributed by atoms with Crippen LogP contribution >= 0.6 is 24.0 Å². The molecule has 3 saturated heterocycles. The molecule has 68 heavy (non-hydrogen) atoms. The average molecular weight is 1050 g/mol. The van der Waals surface area contributed by atoms with Gasteiger partial charge in [0.1, 0.15) is 16.8 Å². The molecule has 9 rings (SSSR count). The number of hydrogen-bond donors (Lipinski definition) is 5. The minimum Gasteiger partial charge on any atom is -0.444 e. The average Bonchev–Trinajstić information content (AvgIpc) is 3.80. The van der Waals surface area contributed by atoms with Gasteiger partial charge < -0.3 is 46.1 Å². The van der Waals surface area contributed by atoms with Crippen LogP contribution in [0.4, 0.5) is 14.4 Å². The molecule has 376 valence electrons. The number of alkyl carbamates (subject to hydrolysis) is 2. The van der Waals surface area contributed by atoms with Crippen molar-refractivity contribution >= 4 is 42.3 Å². The van der Waals surface area contributed by atoms with Crippen LogP contribution in [-0.2, 0) is 33.5 Å². The molecule has 0 saturated carbocycles. The maximum absolute atomic E-state index is 12.6. The third kappa shape index (κ3) is 13.1. The zero-order valence-electron chi connectivity index (χ0n) is 41.6. The largest absolute Gasteiger partial charge is 0.444 e. The van der Waals surface area contributed by atoms with Crippen LogP contribution in [0.15, 0.2) is 72.8 Å². The molecule has 3 atom stereocenters. The minimum atomic E-state index is -0.546. The number of carbonyl (C=O) groups is 3. The van der Waals surface area contributed by atoms with Crippen molar-refractivity contribution in [2.75, 3.05) is 39.3 Å². The van der Waals surface area contributed by atoms with Gasteiger partial charge in [0.15, 0.2) is 0 Å². The molecule has 3 fully saturated rings. The van der Waals surface area contributed by atoms with Gasteiger partial charge in [0.2, 0.25) is 0 Å². The number of benzene rings is 3. The van der Waals surface area contributed by atoms with Gasteiger partial charge in [-0.1, -0.05) is 80.2 Å². The molecule has 6 N–H and O–H groups in total. The summed E-state index contributed by atoms with van der Waals surface area (Å²) in [6, 6.07) is 25.6. The van der Waals surface area contributed by atoms with Gasteiger partial charge in [-0.3, -0.25) is 0 Å². The molecule has 0 radical (unpaired) electrons. The van der Waals surface area contributed by atoms with E-state index in [0.717, 1.165) is 70.3 Å². The predicted octanol–water partition coefficient (Wildman–Crippen LogP) is 10.9. The first-order valence-corrected chi connectivity index (χ1v) is 24.5. The number of hydrogen-bond acceptors (Lipinski definition) is 9. The lowest BCUT2D eigenvalue weighted by Gasteiger charge is -2.43. The number of rotatable bonds is 2. The molecule has 0 aromatic heterocycles. The topological polar surface area (TPSA) is 156 Å². The van der Waals surface area contributed by atoms with Gasteiger partial charge in [0, 0.05) is 30.0 Å². The zero-order valence-corrected chi connectivity index (χ0v) is 44.0. The van der Waals surface area contributed by atoms with E-state index >= 15 is 0 Å². The Bertz CT molecular complexity index is 2180. The number of carbonyl (C=O) groups excluding carboxylic acids is 3. The van der Waals surface area contributed by atoms with E-state index in [-0.39, 0.29) is 72.5 Å². The van der Waals surface area contributed by atoms with Crippen molar-refractivity contribution in [2.24, 2.45) is 22.0 Å². The quantitative estimate of drug-likeness (QED) is 0.125. The first-order valence-electron chi connectivity index (χ1n) is 24.5. The Labute approximate surface area is 424 Å². The lowest BCUT2D eigenvalue weighted by Crippen LogP contribution is -2.49. The van der Waals surface area contributed by atoms with Crippen molar-refractivity contribution in [3.63, 3.8) is 0 Å². The van der Waals surface area contributed by atoms with Crippen LogP contribution in [0.3, 0.4) is 0 Å². The molecule has 12 nitrogen and oxygen atoms in total. The van der Waals surface area contributed by atoms with Crippen molar-refractivity contribution in [2.45, 2.75) is 162 Å². The second-order valence-electron chi connectivity index (χ2n) is 22.8. The van der Waals surface area contributed by atoms with Gasteiger partial charge in [0.05, 0.1) is 12.1 Å². The number of ether oxygens (including phenoxy) is 3. The number of halogens is 1. The van der Waals surface area contributed by atoms with Gasteiger partial charge in [-0.25, -0.2) is 14.4 Å². The normalized spacial score (nSPS) is 22.6. The molecule has 3 aliphatic carbocycles. The number of amides is 3. The summed E-state index contributed by atoms with van der Waals surface area (Å²) >= 11 is 0. The monoisotopic (exact) mass is 1050 g/mol. The minimum absolute atomic E-state index is 0. The summed E-state index contributed by atoms with van der Waals surface area (Å²) in [7, 11) is 0. The number of nitrogens with one attached hydrogen (secondary N) is 4. The van der Waals surface area contributed by atoms with Gasteiger partial charge in [-0.05, 0) is 185 Å². The van der Waals surface area contributed by atoms with Crippen molar-refractivity contribution in [3.8, 4) is 0 Å². The van der Waals surface area contributed by atoms with Crippen molar-refractivity contribution in [1.29, 1.82) is 0 Å². The second kappa shape index (κ2) is 22.0. The van der Waals surface area contributed by atoms with Gasteiger partial charge in [-0.15, -0.1) is 24.0 Å². The lowest BCUT2D eigenvalue weighted by atomic mass is 9.73. The maximum Gasteiger partial charge on any atom is 0.410 e. The number of nitrogens with zero attached hydrogens (tertiary/aromatic N) is 1. The van der Waals surface area contributed by atoms with E-state index in [9.17, 15) is 14.4 Å². The van der Waals surface area contributed by atoms with Gasteiger partial charge in [-0.2, -0.15) is 0 Å². The molecule has 3 aromatic rings. The molecular weight excluding hydrogens is 968 g/mol. The molecule has 3 heterocycles. The third-order valence-electron chi connectivity index (χ3n) is 14.6. The highest BCUT2D eigenvalue weighted by Gasteiger charge is 2.50. The van der Waals surface area contributed by atoms with Crippen LogP contribution in [-0.4, -0.2) is 79.3 Å². The molecule has 3 spiro atoms. The lowest BCUT2D eigenvalue weighted by molar-refractivity contribution is 0.00331. The van der Waals surface area contributed by atoms with Gasteiger partial charge >= 0.3 is 18.3 Å². The molecule has 0 unspecified atom stereocenters. The highest BCUT2D eigenvalue weighted by Crippen LogP contribution is 2.53. The summed E-state index contributed by atoms with van der Waals surface area (Å²) in [5.74, 6) is 0. The Kier molecular flexibility index (Phi) is 17.8. The van der Waals surface area contributed by atoms with E-state index in [1.165, 1.54) is 47.1 Å². The Morgan fingerprint density at radius 1 is 0.544 bits per heavy atom. The maximum atomic E-state index is 12.6. The SMILES string of the molecule is C.CC(C)(C)OC(=O)N[C@@H]1c2ccccc2CC12CCN(C(=O)OC(C)(C)C)CC2.CC(C)(C)OC(=O)N[C@@H]1c2ccccc2CC12CCNCC2.I.N[C@@H]1c2ccccc2CC12CCNCC2. The Morgan fingerprint density at radius 2 is 0.882 bits per heavy atom. The van der Waals surface area contributed by atoms with Crippen LogP contribution in [0.25, 0.3) is 0 Å². The molecule has 3 aromatic carbocycles. The van der Waals surface area contributed by atoms with Crippen molar-refractivity contribution < 1.29 is 28.6 Å². The van der Waals surface area contributed by atoms with Crippen LogP contribution < -0.4 is 27.0 Å². The number of likely N-dealkylation sites (tertiary alicyclic amines) is 1. The Hall–Kier alpha value is -3.92. The van der Waals surface area contributed by atoms with Crippen molar-refractivity contribution in [3.05, 3.63) is 106 Å². The standard InChI is InChI=1S/C23H34N2O4.C18H26N2O2.C13H18N2.CH4.HI/c1-21(2,3)28-19(26)24-18-17-10-8-7-9-16(17)15-23(18)11-13-25(14-12-23)20(27)29-22(4,5)6;1-17(2,3)22-16(21)20-15-14-7-5-4-6-13(14)12-18(15)8-10-19-11-9-18;14-12-11-4-2-1-3-10(11)9-13(12)5-7-15-8-6-13;;/h7-10,18H,11-15H2,1-6H3,(H,24,26);4-7,15,19H,8-12H2,1-3H3,(H,20,21);1-4,12,15H,5-9,14H2;1H4;1H/t18-;15-;12-;;/m111../s1. The van der Waals surface area contributed by atoms with E-state index in [1.54, 1.807) is 4.90 Å². The van der Waals surface area contributed by atoms with E-state index < -0.39 is 22.9 Å². The third-order valence-corrected chi connectivity index (χ3v) is 14.6. The summed E-state index contributed by atoms with van der Waals surface area (Å²) in [5.41, 5.74) is 13.2. The highest BCUT2D eigenvalue weighted by molar-refractivity contribution is 14.0. The number of nitrogens with two attached hydrogens (primary N) is 1. The smallest absolute Gasteiger partial charge is 0.410 e. The van der Waals surface area contributed by atoms with Crippen LogP contribution in [0.5, 0.6) is 0 Å². The van der Waals surface area contributed by atoms with E-state index in [4.69, 9.17) is 19.9 Å². The second-order valence-corrected chi connectivity index (χ2v) is 22.8. The van der Waals surface area contributed by atoms with Crippen LogP contribution in [0.2, 0.25) is 0 Å². The summed E-state index contributed by atoms with van der Waals surface area (Å²) in [6.45, 7) is 22.5. The predicted molar refractivity (Wildman–Crippen MR) is 282 cm³/mol.